The van der Waals surface area contributed by atoms with Crippen molar-refractivity contribution in [3.8, 4) is 0 Å². The Morgan fingerprint density at radius 1 is 1.29 bits per heavy atom. The monoisotopic (exact) mass is 328 g/mol. The van der Waals surface area contributed by atoms with Crippen molar-refractivity contribution in [2.75, 3.05) is 18.8 Å². The molecule has 1 aromatic rings. The number of nitrogens with zero attached hydrogens (tertiary/aromatic N) is 1. The molecular weight excluding hydrogens is 312 g/mol. The molecule has 0 bridgehead atoms. The average molecular weight is 328 g/mol. The fourth-order valence-electron chi connectivity index (χ4n) is 1.82. The summed E-state index contributed by atoms with van der Waals surface area (Å²) < 4.78 is 76.2. The van der Waals surface area contributed by atoms with Crippen LogP contribution in [0.2, 0.25) is 0 Å². The van der Waals surface area contributed by atoms with E-state index in [1.165, 1.54) is 19.9 Å². The maximum absolute atomic E-state index is 14.0. The molecule has 1 aromatic carbocycles. The van der Waals surface area contributed by atoms with Crippen LogP contribution < -0.4 is 5.73 Å². The van der Waals surface area contributed by atoms with E-state index in [-0.39, 0.29) is 28.5 Å². The summed E-state index contributed by atoms with van der Waals surface area (Å²) in [5.74, 6) is -1.09. The summed E-state index contributed by atoms with van der Waals surface area (Å²) in [5, 5.41) is 0. The highest BCUT2D eigenvalue weighted by Gasteiger charge is 2.37. The SMILES string of the molecule is CCCN(CC(F)(F)F)S(=O)(=O)c1cc(N)cc(C)c1F. The Labute approximate surface area is 120 Å². The van der Waals surface area contributed by atoms with E-state index in [2.05, 4.69) is 0 Å². The number of halogens is 4. The second-order valence-corrected chi connectivity index (χ2v) is 6.51. The summed E-state index contributed by atoms with van der Waals surface area (Å²) in [4.78, 5) is -0.835. The van der Waals surface area contributed by atoms with E-state index in [4.69, 9.17) is 5.73 Å². The first kappa shape index (κ1) is 17.7. The molecule has 4 nitrogen and oxygen atoms in total. The van der Waals surface area contributed by atoms with Gasteiger partial charge in [0.2, 0.25) is 10.0 Å². The number of aryl methyl sites for hydroxylation is 1. The van der Waals surface area contributed by atoms with Gasteiger partial charge in [-0.2, -0.15) is 17.5 Å². The first-order valence-corrected chi connectivity index (χ1v) is 7.55. The Morgan fingerprint density at radius 3 is 2.33 bits per heavy atom. The Morgan fingerprint density at radius 2 is 1.86 bits per heavy atom. The average Bonchev–Trinajstić information content (AvgIpc) is 2.31. The zero-order chi connectivity index (χ0) is 16.4. The van der Waals surface area contributed by atoms with Crippen LogP contribution >= 0.6 is 0 Å². The number of rotatable bonds is 5. The minimum absolute atomic E-state index is 0.0315. The van der Waals surface area contributed by atoms with Crippen molar-refractivity contribution in [2.45, 2.75) is 31.3 Å². The third-order valence-electron chi connectivity index (χ3n) is 2.69. The minimum atomic E-state index is -4.71. The molecule has 0 saturated heterocycles. The van der Waals surface area contributed by atoms with Crippen molar-refractivity contribution >= 4 is 15.7 Å². The van der Waals surface area contributed by atoms with Crippen LogP contribution in [0, 0.1) is 12.7 Å². The highest BCUT2D eigenvalue weighted by Crippen LogP contribution is 2.27. The quantitative estimate of drug-likeness (QED) is 0.668. The van der Waals surface area contributed by atoms with Gasteiger partial charge in [0, 0.05) is 12.2 Å². The van der Waals surface area contributed by atoms with E-state index in [9.17, 15) is 26.0 Å². The maximum Gasteiger partial charge on any atom is 0.402 e. The molecule has 0 saturated carbocycles. The standard InChI is InChI=1S/C12H16F4N2O2S/c1-3-4-18(7-12(14,15)16)21(19,20)10-6-9(17)5-8(2)11(10)13/h5-6H,3-4,7,17H2,1-2H3. The molecule has 0 heterocycles. The third kappa shape index (κ3) is 4.31. The van der Waals surface area contributed by atoms with Gasteiger partial charge in [0.05, 0.1) is 0 Å². The molecule has 0 atom stereocenters. The highest BCUT2D eigenvalue weighted by atomic mass is 32.2. The van der Waals surface area contributed by atoms with Crippen LogP contribution in [0.25, 0.3) is 0 Å². The van der Waals surface area contributed by atoms with Gasteiger partial charge in [0.1, 0.15) is 17.3 Å². The summed E-state index contributed by atoms with van der Waals surface area (Å²) in [6.07, 6.45) is -4.55. The second-order valence-electron chi connectivity index (χ2n) is 4.60. The first-order valence-electron chi connectivity index (χ1n) is 6.11. The van der Waals surface area contributed by atoms with Crippen LogP contribution in [0.4, 0.5) is 23.2 Å². The number of benzene rings is 1. The second kappa shape index (κ2) is 6.18. The first-order chi connectivity index (χ1) is 9.49. The molecule has 0 fully saturated rings. The lowest BCUT2D eigenvalue weighted by molar-refractivity contribution is -0.136. The lowest BCUT2D eigenvalue weighted by atomic mass is 10.2. The summed E-state index contributed by atoms with van der Waals surface area (Å²) in [6, 6.07) is 2.04. The zero-order valence-electron chi connectivity index (χ0n) is 11.5. The van der Waals surface area contributed by atoms with Gasteiger partial charge in [0.15, 0.2) is 0 Å². The van der Waals surface area contributed by atoms with Crippen LogP contribution in [0.5, 0.6) is 0 Å². The Bertz CT molecular complexity index is 614. The Balaban J connectivity index is 3.36. The smallest absolute Gasteiger partial charge is 0.399 e. The molecule has 21 heavy (non-hydrogen) atoms. The van der Waals surface area contributed by atoms with E-state index in [1.807, 2.05) is 0 Å². The fraction of sp³-hybridized carbons (Fsp3) is 0.500. The number of anilines is 1. The Hall–Kier alpha value is -1.35. The number of sulfonamides is 1. The Kier molecular flexibility index (Phi) is 5.21. The third-order valence-corrected chi connectivity index (χ3v) is 4.53. The molecule has 0 radical (unpaired) electrons. The number of hydrogen-bond donors (Lipinski definition) is 1. The van der Waals surface area contributed by atoms with Gasteiger partial charge in [-0.15, -0.1) is 0 Å². The van der Waals surface area contributed by atoms with Gasteiger partial charge in [-0.25, -0.2) is 12.8 Å². The van der Waals surface area contributed by atoms with Crippen LogP contribution in [0.1, 0.15) is 18.9 Å². The van der Waals surface area contributed by atoms with Crippen molar-refractivity contribution in [3.05, 3.63) is 23.5 Å². The van der Waals surface area contributed by atoms with Crippen molar-refractivity contribution in [2.24, 2.45) is 0 Å². The molecule has 120 valence electrons. The fourth-order valence-corrected chi connectivity index (χ4v) is 3.51. The van der Waals surface area contributed by atoms with E-state index < -0.39 is 33.5 Å². The molecule has 0 aromatic heterocycles. The van der Waals surface area contributed by atoms with Gasteiger partial charge >= 0.3 is 6.18 Å². The van der Waals surface area contributed by atoms with E-state index >= 15 is 0 Å². The van der Waals surface area contributed by atoms with Gasteiger partial charge in [-0.1, -0.05) is 6.92 Å². The molecule has 0 aliphatic carbocycles. The van der Waals surface area contributed by atoms with Gasteiger partial charge in [-0.3, -0.25) is 0 Å². The van der Waals surface area contributed by atoms with Gasteiger partial charge in [0.25, 0.3) is 0 Å². The van der Waals surface area contributed by atoms with Crippen LogP contribution in [-0.4, -0.2) is 32.0 Å². The van der Waals surface area contributed by atoms with Crippen LogP contribution in [-0.2, 0) is 10.0 Å². The summed E-state index contributed by atoms with van der Waals surface area (Å²) in [6.45, 7) is 0.782. The largest absolute Gasteiger partial charge is 0.402 e. The van der Waals surface area contributed by atoms with E-state index in [1.54, 1.807) is 0 Å². The van der Waals surface area contributed by atoms with Gasteiger partial charge in [-0.05, 0) is 31.0 Å². The molecular formula is C12H16F4N2O2S. The molecule has 0 amide bonds. The maximum atomic E-state index is 14.0. The van der Waals surface area contributed by atoms with Crippen molar-refractivity contribution in [1.82, 2.24) is 4.31 Å². The van der Waals surface area contributed by atoms with E-state index in [0.717, 1.165) is 6.07 Å². The van der Waals surface area contributed by atoms with E-state index in [0.29, 0.717) is 0 Å². The predicted octanol–water partition coefficient (Wildman–Crippen LogP) is 2.68. The minimum Gasteiger partial charge on any atom is -0.399 e. The highest BCUT2D eigenvalue weighted by molar-refractivity contribution is 7.89. The summed E-state index contributed by atoms with van der Waals surface area (Å²) >= 11 is 0. The van der Waals surface area contributed by atoms with Crippen molar-refractivity contribution in [1.29, 1.82) is 0 Å². The normalized spacial score (nSPS) is 12.9. The lowest BCUT2D eigenvalue weighted by Crippen LogP contribution is -2.39. The molecule has 9 heteroatoms. The zero-order valence-corrected chi connectivity index (χ0v) is 12.4. The molecule has 0 aliphatic heterocycles. The molecule has 0 spiro atoms. The predicted molar refractivity (Wildman–Crippen MR) is 70.7 cm³/mol. The van der Waals surface area contributed by atoms with Gasteiger partial charge < -0.3 is 5.73 Å². The number of hydrogen-bond acceptors (Lipinski definition) is 3. The summed E-state index contributed by atoms with van der Waals surface area (Å²) in [5.41, 5.74) is 5.38. The molecule has 2 N–H and O–H groups in total. The number of nitrogen functional groups attached to an aromatic ring is 1. The topological polar surface area (TPSA) is 63.4 Å². The number of nitrogens with two attached hydrogens (primary N) is 1. The van der Waals surface area contributed by atoms with Crippen molar-refractivity contribution in [3.63, 3.8) is 0 Å². The molecule has 0 unspecified atom stereocenters. The van der Waals surface area contributed by atoms with Crippen LogP contribution in [0.3, 0.4) is 0 Å². The molecule has 0 aliphatic rings. The van der Waals surface area contributed by atoms with Crippen LogP contribution in [0.15, 0.2) is 17.0 Å². The summed E-state index contributed by atoms with van der Waals surface area (Å²) in [7, 11) is -4.61. The molecule has 1 rings (SSSR count). The van der Waals surface area contributed by atoms with Crippen molar-refractivity contribution < 1.29 is 26.0 Å². The lowest BCUT2D eigenvalue weighted by Gasteiger charge is -2.23. The number of alkyl halides is 3.